The number of alkyl halides is 3. The first-order valence-corrected chi connectivity index (χ1v) is 7.33. The van der Waals surface area contributed by atoms with Gasteiger partial charge in [0.1, 0.15) is 5.82 Å². The van der Waals surface area contributed by atoms with Gasteiger partial charge in [-0.15, -0.1) is 0 Å². The first-order valence-electron chi connectivity index (χ1n) is 7.33. The molecule has 1 aromatic carbocycles. The maximum Gasteiger partial charge on any atom is 0.416 e. The lowest BCUT2D eigenvalue weighted by Crippen LogP contribution is -2.27. The summed E-state index contributed by atoms with van der Waals surface area (Å²) in [4.78, 5) is 4.45. The van der Waals surface area contributed by atoms with E-state index < -0.39 is 11.7 Å². The highest BCUT2D eigenvalue weighted by Gasteiger charge is 2.30. The smallest absolute Gasteiger partial charge is 0.307 e. The zero-order valence-electron chi connectivity index (χ0n) is 12.0. The second-order valence-corrected chi connectivity index (χ2v) is 5.51. The standard InChI is InChI=1S/C15H17F3N4/c16-15(17,18)11-6-4-10(5-7-11)9-13-20-14(22-21-13)12-3-1-2-8-19-12/h4-7,12,19H,1-3,8-9H2,(H,20,21,22). The predicted octanol–water partition coefficient (Wildman–Crippen LogP) is 3.23. The molecule has 2 N–H and O–H groups in total. The second-order valence-electron chi connectivity index (χ2n) is 5.51. The number of halogens is 3. The van der Waals surface area contributed by atoms with E-state index in [1.54, 1.807) is 0 Å². The summed E-state index contributed by atoms with van der Waals surface area (Å²) in [5, 5.41) is 10.5. The Bertz CT molecular complexity index is 612. The zero-order chi connectivity index (χ0) is 15.6. The first kappa shape index (κ1) is 15.0. The maximum absolute atomic E-state index is 12.5. The number of aromatic amines is 1. The molecular formula is C15H17F3N4. The molecule has 1 aromatic heterocycles. The summed E-state index contributed by atoms with van der Waals surface area (Å²) < 4.78 is 37.6. The average Bonchev–Trinajstić information content (AvgIpc) is 2.96. The molecule has 3 rings (SSSR count). The number of hydrogen-bond donors (Lipinski definition) is 2. The van der Waals surface area contributed by atoms with Crippen molar-refractivity contribution < 1.29 is 13.2 Å². The summed E-state index contributed by atoms with van der Waals surface area (Å²) in [6.45, 7) is 0.966. The Hall–Kier alpha value is -1.89. The summed E-state index contributed by atoms with van der Waals surface area (Å²) >= 11 is 0. The van der Waals surface area contributed by atoms with Crippen LogP contribution in [0.2, 0.25) is 0 Å². The van der Waals surface area contributed by atoms with E-state index in [2.05, 4.69) is 20.5 Å². The van der Waals surface area contributed by atoms with Crippen LogP contribution < -0.4 is 5.32 Å². The molecule has 4 nitrogen and oxygen atoms in total. The van der Waals surface area contributed by atoms with E-state index in [0.717, 1.165) is 42.9 Å². The van der Waals surface area contributed by atoms with Gasteiger partial charge in [-0.25, -0.2) is 4.98 Å². The monoisotopic (exact) mass is 310 g/mol. The first-order chi connectivity index (χ1) is 10.5. The molecule has 0 saturated carbocycles. The van der Waals surface area contributed by atoms with Gasteiger partial charge in [0.15, 0.2) is 5.82 Å². The number of nitrogens with zero attached hydrogens (tertiary/aromatic N) is 2. The molecular weight excluding hydrogens is 293 g/mol. The van der Waals surface area contributed by atoms with E-state index in [1.165, 1.54) is 18.6 Å². The molecule has 7 heteroatoms. The van der Waals surface area contributed by atoms with E-state index in [1.807, 2.05) is 0 Å². The number of piperidine rings is 1. The molecule has 1 saturated heterocycles. The van der Waals surface area contributed by atoms with Crippen molar-refractivity contribution in [3.63, 3.8) is 0 Å². The molecule has 1 aliphatic rings. The van der Waals surface area contributed by atoms with Gasteiger partial charge in [0.05, 0.1) is 11.6 Å². The highest BCUT2D eigenvalue weighted by atomic mass is 19.4. The van der Waals surface area contributed by atoms with Gasteiger partial charge in [-0.2, -0.15) is 18.3 Å². The van der Waals surface area contributed by atoms with Crippen LogP contribution in [0.1, 0.15) is 48.1 Å². The van der Waals surface area contributed by atoms with Crippen molar-refractivity contribution in [1.29, 1.82) is 0 Å². The Kier molecular flexibility index (Phi) is 4.15. The molecule has 0 aliphatic carbocycles. The minimum atomic E-state index is -4.30. The maximum atomic E-state index is 12.5. The number of H-pyrrole nitrogens is 1. The van der Waals surface area contributed by atoms with Crippen molar-refractivity contribution in [2.75, 3.05) is 6.54 Å². The van der Waals surface area contributed by atoms with Gasteiger partial charge < -0.3 is 5.32 Å². The van der Waals surface area contributed by atoms with Gasteiger partial charge in [0.2, 0.25) is 0 Å². The molecule has 22 heavy (non-hydrogen) atoms. The molecule has 0 spiro atoms. The number of benzene rings is 1. The van der Waals surface area contributed by atoms with Gasteiger partial charge in [-0.05, 0) is 37.1 Å². The van der Waals surface area contributed by atoms with Crippen LogP contribution in [-0.2, 0) is 12.6 Å². The van der Waals surface area contributed by atoms with Crippen LogP contribution in [-0.4, -0.2) is 21.7 Å². The fraction of sp³-hybridized carbons (Fsp3) is 0.467. The van der Waals surface area contributed by atoms with Gasteiger partial charge in [-0.1, -0.05) is 18.6 Å². The van der Waals surface area contributed by atoms with Gasteiger partial charge >= 0.3 is 6.18 Å². The van der Waals surface area contributed by atoms with Crippen LogP contribution >= 0.6 is 0 Å². The minimum absolute atomic E-state index is 0.173. The van der Waals surface area contributed by atoms with E-state index in [9.17, 15) is 13.2 Å². The molecule has 0 amide bonds. The van der Waals surface area contributed by atoms with E-state index in [4.69, 9.17) is 0 Å². The third-order valence-electron chi connectivity index (χ3n) is 3.82. The molecule has 1 aliphatic heterocycles. The Morgan fingerprint density at radius 1 is 1.14 bits per heavy atom. The van der Waals surface area contributed by atoms with E-state index in [0.29, 0.717) is 12.2 Å². The normalized spacial score (nSPS) is 19.3. The van der Waals surface area contributed by atoms with Crippen molar-refractivity contribution in [3.8, 4) is 0 Å². The second kappa shape index (κ2) is 6.08. The average molecular weight is 310 g/mol. The highest BCUT2D eigenvalue weighted by Crippen LogP contribution is 2.29. The molecule has 1 atom stereocenters. The van der Waals surface area contributed by atoms with E-state index >= 15 is 0 Å². The zero-order valence-corrected chi connectivity index (χ0v) is 12.0. The van der Waals surface area contributed by atoms with Gasteiger partial charge in [-0.3, -0.25) is 5.10 Å². The van der Waals surface area contributed by atoms with Gasteiger partial charge in [0, 0.05) is 6.42 Å². The van der Waals surface area contributed by atoms with Crippen molar-refractivity contribution in [2.45, 2.75) is 37.9 Å². The van der Waals surface area contributed by atoms with Gasteiger partial charge in [0.25, 0.3) is 0 Å². The number of rotatable bonds is 3. The lowest BCUT2D eigenvalue weighted by atomic mass is 10.0. The topological polar surface area (TPSA) is 53.6 Å². The molecule has 1 unspecified atom stereocenters. The predicted molar refractivity (Wildman–Crippen MR) is 75.2 cm³/mol. The third-order valence-corrected chi connectivity index (χ3v) is 3.82. The summed E-state index contributed by atoms with van der Waals surface area (Å²) in [6.07, 6.45) is -0.528. The molecule has 0 radical (unpaired) electrons. The fourth-order valence-electron chi connectivity index (χ4n) is 2.62. The third kappa shape index (κ3) is 3.47. The lowest BCUT2D eigenvalue weighted by Gasteiger charge is -2.20. The van der Waals surface area contributed by atoms with E-state index in [-0.39, 0.29) is 6.04 Å². The van der Waals surface area contributed by atoms with Crippen LogP contribution in [0.4, 0.5) is 13.2 Å². The molecule has 0 bridgehead atoms. The Labute approximate surface area is 126 Å². The fourth-order valence-corrected chi connectivity index (χ4v) is 2.62. The quantitative estimate of drug-likeness (QED) is 0.915. The van der Waals surface area contributed by atoms with Crippen LogP contribution in [0.25, 0.3) is 0 Å². The molecule has 2 heterocycles. The van der Waals surface area contributed by atoms with Crippen molar-refractivity contribution in [2.24, 2.45) is 0 Å². The Morgan fingerprint density at radius 2 is 1.91 bits per heavy atom. The number of nitrogens with one attached hydrogen (secondary N) is 2. The van der Waals surface area contributed by atoms with Crippen LogP contribution in [0.15, 0.2) is 24.3 Å². The summed E-state index contributed by atoms with van der Waals surface area (Å²) in [5.74, 6) is 1.41. The summed E-state index contributed by atoms with van der Waals surface area (Å²) in [6, 6.07) is 5.31. The van der Waals surface area contributed by atoms with Crippen molar-refractivity contribution in [3.05, 3.63) is 47.0 Å². The Balaban J connectivity index is 1.67. The lowest BCUT2D eigenvalue weighted by molar-refractivity contribution is -0.137. The summed E-state index contributed by atoms with van der Waals surface area (Å²) in [5.41, 5.74) is 0.133. The van der Waals surface area contributed by atoms with Crippen LogP contribution in [0.3, 0.4) is 0 Å². The van der Waals surface area contributed by atoms with Crippen LogP contribution in [0.5, 0.6) is 0 Å². The SMILES string of the molecule is FC(F)(F)c1ccc(Cc2nc(C3CCCCN3)n[nH]2)cc1. The largest absolute Gasteiger partial charge is 0.416 e. The molecule has 118 valence electrons. The summed E-state index contributed by atoms with van der Waals surface area (Å²) in [7, 11) is 0. The number of hydrogen-bond acceptors (Lipinski definition) is 3. The number of aromatic nitrogens is 3. The van der Waals surface area contributed by atoms with Crippen molar-refractivity contribution in [1.82, 2.24) is 20.5 Å². The van der Waals surface area contributed by atoms with Crippen LogP contribution in [0, 0.1) is 0 Å². The van der Waals surface area contributed by atoms with Crippen molar-refractivity contribution >= 4 is 0 Å². The Morgan fingerprint density at radius 3 is 2.55 bits per heavy atom. The minimum Gasteiger partial charge on any atom is -0.307 e. The molecule has 1 fully saturated rings. The molecule has 2 aromatic rings. The highest BCUT2D eigenvalue weighted by molar-refractivity contribution is 5.26.